The highest BCUT2D eigenvalue weighted by Crippen LogP contribution is 2.35. The lowest BCUT2D eigenvalue weighted by Crippen LogP contribution is -2.23. The third kappa shape index (κ3) is 5.18. The minimum atomic E-state index is -0.105. The number of ether oxygens (including phenoxy) is 2. The minimum Gasteiger partial charge on any atom is -0.454 e. The number of carbonyl (C=O) groups is 2. The predicted molar refractivity (Wildman–Crippen MR) is 124 cm³/mol. The third-order valence-corrected chi connectivity index (χ3v) is 6.18. The van der Waals surface area contributed by atoms with Gasteiger partial charge in [-0.2, -0.15) is 0 Å². The molecular weight excluding hydrogens is 531 g/mol. The van der Waals surface area contributed by atoms with E-state index in [1.165, 1.54) is 18.7 Å². The zero-order valence-corrected chi connectivity index (χ0v) is 19.6. The zero-order chi connectivity index (χ0) is 21.8. The molecule has 0 saturated carbocycles. The number of aromatic nitrogens is 3. The maximum atomic E-state index is 12.6. The highest BCUT2D eigenvalue weighted by molar-refractivity contribution is 14.1. The second kappa shape index (κ2) is 9.69. The molecule has 0 bridgehead atoms. The van der Waals surface area contributed by atoms with E-state index in [0.29, 0.717) is 41.0 Å². The van der Waals surface area contributed by atoms with Crippen molar-refractivity contribution in [2.75, 3.05) is 19.1 Å². The molecule has 3 aromatic rings. The first kappa shape index (κ1) is 21.6. The molecule has 2 aromatic carbocycles. The molecule has 2 heterocycles. The zero-order valence-electron chi connectivity index (χ0n) is 16.6. The van der Waals surface area contributed by atoms with Gasteiger partial charge in [0, 0.05) is 35.1 Å². The van der Waals surface area contributed by atoms with Gasteiger partial charge in [-0.1, -0.05) is 23.9 Å². The number of rotatable bonds is 8. The fraction of sp³-hybridized carbons (Fsp3) is 0.238. The summed E-state index contributed by atoms with van der Waals surface area (Å²) in [6, 6.07) is 13.1. The van der Waals surface area contributed by atoms with E-state index in [1.807, 2.05) is 47.0 Å². The number of fused-ring (bicyclic) bond motifs is 1. The first-order valence-electron chi connectivity index (χ1n) is 9.51. The standard InChI is InChI=1S/C21H19IN4O4S/c1-13(27)23-9-8-20-24-25-21(31-11-17(28)14-2-4-15(22)5-3-14)26(20)16-6-7-18-19(10-16)30-12-29-18/h2-7,10H,8-9,11-12H2,1H3,(H,23,27). The van der Waals surface area contributed by atoms with E-state index in [4.69, 9.17) is 9.47 Å². The van der Waals surface area contributed by atoms with Crippen LogP contribution in [0.3, 0.4) is 0 Å². The lowest BCUT2D eigenvalue weighted by atomic mass is 10.2. The monoisotopic (exact) mass is 550 g/mol. The van der Waals surface area contributed by atoms with Crippen LogP contribution in [0.2, 0.25) is 0 Å². The van der Waals surface area contributed by atoms with Crippen LogP contribution in [0, 0.1) is 3.57 Å². The summed E-state index contributed by atoms with van der Waals surface area (Å²) in [5.74, 6) is 2.14. The van der Waals surface area contributed by atoms with Gasteiger partial charge in [-0.3, -0.25) is 14.2 Å². The Morgan fingerprint density at radius 2 is 1.90 bits per heavy atom. The Morgan fingerprint density at radius 3 is 2.68 bits per heavy atom. The van der Waals surface area contributed by atoms with Crippen molar-refractivity contribution in [3.8, 4) is 17.2 Å². The Hall–Kier alpha value is -2.60. The lowest BCUT2D eigenvalue weighted by Gasteiger charge is -2.11. The number of nitrogens with one attached hydrogen (secondary N) is 1. The number of benzene rings is 2. The number of carbonyl (C=O) groups excluding carboxylic acids is 2. The quantitative estimate of drug-likeness (QED) is 0.262. The fourth-order valence-corrected chi connectivity index (χ4v) is 4.26. The molecule has 1 aliphatic heterocycles. The first-order valence-corrected chi connectivity index (χ1v) is 11.6. The van der Waals surface area contributed by atoms with Crippen LogP contribution in [0.5, 0.6) is 11.5 Å². The molecule has 1 aromatic heterocycles. The van der Waals surface area contributed by atoms with Crippen LogP contribution in [0.1, 0.15) is 23.1 Å². The Labute approximate surface area is 196 Å². The van der Waals surface area contributed by atoms with Crippen molar-refractivity contribution in [3.63, 3.8) is 0 Å². The van der Waals surface area contributed by atoms with Gasteiger partial charge in [0.2, 0.25) is 12.7 Å². The summed E-state index contributed by atoms with van der Waals surface area (Å²) >= 11 is 3.53. The number of hydrogen-bond donors (Lipinski definition) is 1. The van der Waals surface area contributed by atoms with Gasteiger partial charge < -0.3 is 14.8 Å². The van der Waals surface area contributed by atoms with Gasteiger partial charge in [0.05, 0.1) is 11.4 Å². The maximum Gasteiger partial charge on any atom is 0.231 e. The van der Waals surface area contributed by atoms with Crippen LogP contribution in [0.15, 0.2) is 47.6 Å². The van der Waals surface area contributed by atoms with Crippen molar-refractivity contribution in [2.24, 2.45) is 0 Å². The van der Waals surface area contributed by atoms with Crippen LogP contribution in [-0.2, 0) is 11.2 Å². The van der Waals surface area contributed by atoms with Gasteiger partial charge in [-0.25, -0.2) is 0 Å². The Bertz CT molecular complexity index is 1120. The average Bonchev–Trinajstić information content (AvgIpc) is 3.38. The summed E-state index contributed by atoms with van der Waals surface area (Å²) < 4.78 is 13.9. The Balaban J connectivity index is 1.57. The van der Waals surface area contributed by atoms with E-state index in [2.05, 4.69) is 38.1 Å². The maximum absolute atomic E-state index is 12.6. The van der Waals surface area contributed by atoms with E-state index in [9.17, 15) is 9.59 Å². The Kier molecular flexibility index (Phi) is 6.76. The van der Waals surface area contributed by atoms with Crippen molar-refractivity contribution in [2.45, 2.75) is 18.5 Å². The van der Waals surface area contributed by atoms with Gasteiger partial charge in [0.15, 0.2) is 22.4 Å². The van der Waals surface area contributed by atoms with Crippen LogP contribution < -0.4 is 14.8 Å². The summed E-state index contributed by atoms with van der Waals surface area (Å²) in [5.41, 5.74) is 1.46. The lowest BCUT2D eigenvalue weighted by molar-refractivity contribution is -0.118. The number of halogens is 1. The van der Waals surface area contributed by atoms with Crippen LogP contribution in [0.4, 0.5) is 0 Å². The molecule has 0 unspecified atom stereocenters. The molecule has 8 nitrogen and oxygen atoms in total. The number of hydrogen-bond acceptors (Lipinski definition) is 7. The van der Waals surface area contributed by atoms with E-state index >= 15 is 0 Å². The molecule has 1 N–H and O–H groups in total. The number of nitrogens with zero attached hydrogens (tertiary/aromatic N) is 3. The number of ketones is 1. The van der Waals surface area contributed by atoms with Gasteiger partial charge in [-0.15, -0.1) is 10.2 Å². The molecule has 0 fully saturated rings. The first-order chi connectivity index (χ1) is 15.0. The van der Waals surface area contributed by atoms with Gasteiger partial charge >= 0.3 is 0 Å². The molecule has 1 amide bonds. The summed E-state index contributed by atoms with van der Waals surface area (Å²) in [6.07, 6.45) is 0.493. The van der Waals surface area contributed by atoms with Crippen molar-refractivity contribution in [1.82, 2.24) is 20.1 Å². The van der Waals surface area contributed by atoms with E-state index in [-0.39, 0.29) is 24.2 Å². The van der Waals surface area contributed by atoms with Gasteiger partial charge in [-0.05, 0) is 46.9 Å². The molecule has 1 aliphatic rings. The second-order valence-corrected chi connectivity index (χ2v) is 8.91. The molecule has 160 valence electrons. The van der Waals surface area contributed by atoms with Crippen molar-refractivity contribution in [3.05, 3.63) is 57.4 Å². The smallest absolute Gasteiger partial charge is 0.231 e. The van der Waals surface area contributed by atoms with Crippen molar-refractivity contribution >= 4 is 46.0 Å². The molecule has 0 saturated heterocycles. The molecular formula is C21H19IN4O4S. The summed E-state index contributed by atoms with van der Waals surface area (Å²) in [7, 11) is 0. The van der Waals surface area contributed by atoms with Gasteiger partial charge in [0.25, 0.3) is 0 Å². The van der Waals surface area contributed by atoms with Crippen LogP contribution >= 0.6 is 34.4 Å². The van der Waals surface area contributed by atoms with Crippen LogP contribution in [-0.4, -0.2) is 45.5 Å². The highest BCUT2D eigenvalue weighted by atomic mass is 127. The third-order valence-electron chi connectivity index (χ3n) is 4.54. The Morgan fingerprint density at radius 1 is 1.13 bits per heavy atom. The molecule has 0 spiro atoms. The van der Waals surface area contributed by atoms with Crippen LogP contribution in [0.25, 0.3) is 5.69 Å². The van der Waals surface area contributed by atoms with E-state index < -0.39 is 0 Å². The summed E-state index contributed by atoms with van der Waals surface area (Å²) in [6.45, 7) is 2.09. The normalized spacial score (nSPS) is 12.1. The molecule has 0 aliphatic carbocycles. The summed E-state index contributed by atoms with van der Waals surface area (Å²) in [4.78, 5) is 23.8. The van der Waals surface area contributed by atoms with E-state index in [0.717, 1.165) is 9.26 Å². The van der Waals surface area contributed by atoms with Crippen molar-refractivity contribution < 1.29 is 19.1 Å². The number of amides is 1. The topological polar surface area (TPSA) is 95.3 Å². The second-order valence-electron chi connectivity index (χ2n) is 6.72. The molecule has 4 rings (SSSR count). The largest absolute Gasteiger partial charge is 0.454 e. The average molecular weight is 550 g/mol. The predicted octanol–water partition coefficient (Wildman–Crippen LogP) is 3.25. The fourth-order valence-electron chi connectivity index (χ4n) is 3.04. The molecule has 10 heteroatoms. The highest BCUT2D eigenvalue weighted by Gasteiger charge is 2.20. The number of thioether (sulfide) groups is 1. The molecule has 0 radical (unpaired) electrons. The minimum absolute atomic E-state index is 0.0152. The molecule has 31 heavy (non-hydrogen) atoms. The van der Waals surface area contributed by atoms with E-state index in [1.54, 1.807) is 0 Å². The van der Waals surface area contributed by atoms with Gasteiger partial charge in [0.1, 0.15) is 5.82 Å². The summed E-state index contributed by atoms with van der Waals surface area (Å²) in [5, 5.41) is 12.0. The SMILES string of the molecule is CC(=O)NCCc1nnc(SCC(=O)c2ccc(I)cc2)n1-c1ccc2c(c1)OCO2. The number of Topliss-reactive ketones (excluding diaryl/α,β-unsaturated/α-hetero) is 1. The van der Waals surface area contributed by atoms with Crippen molar-refractivity contribution in [1.29, 1.82) is 0 Å². The molecule has 0 atom stereocenters.